The Labute approximate surface area is 128 Å². The number of aliphatic imine (C=N–C) groups is 1. The van der Waals surface area contributed by atoms with Crippen molar-refractivity contribution in [2.75, 3.05) is 26.2 Å². The maximum Gasteiger partial charge on any atom is 0.192 e. The Morgan fingerprint density at radius 3 is 2.76 bits per heavy atom. The number of ether oxygens (including phenoxy) is 1. The van der Waals surface area contributed by atoms with Crippen molar-refractivity contribution in [2.45, 2.75) is 26.7 Å². The molecule has 0 spiro atoms. The summed E-state index contributed by atoms with van der Waals surface area (Å²) in [7, 11) is 0. The molecule has 114 valence electrons. The lowest BCUT2D eigenvalue weighted by molar-refractivity contribution is 0.324. The Hall–Kier alpha value is -2.15. The van der Waals surface area contributed by atoms with Crippen LogP contribution in [0, 0.1) is 12.3 Å². The maximum atomic E-state index is 5.83. The van der Waals surface area contributed by atoms with Crippen LogP contribution in [0.3, 0.4) is 0 Å². The normalized spacial score (nSPS) is 11.1. The maximum absolute atomic E-state index is 5.83. The molecule has 0 amide bonds. The third-order valence-electron chi connectivity index (χ3n) is 2.86. The first-order valence-corrected chi connectivity index (χ1v) is 7.36. The molecule has 2 N–H and O–H groups in total. The van der Waals surface area contributed by atoms with Gasteiger partial charge in [0, 0.05) is 6.54 Å². The molecule has 1 rings (SSSR count). The minimum absolute atomic E-state index is 0.444. The number of terminal acetylenes is 1. The summed E-state index contributed by atoms with van der Waals surface area (Å²) in [6, 6.07) is 8.12. The van der Waals surface area contributed by atoms with Crippen molar-refractivity contribution in [3.05, 3.63) is 29.8 Å². The zero-order valence-electron chi connectivity index (χ0n) is 13.1. The van der Waals surface area contributed by atoms with E-state index in [0.717, 1.165) is 18.3 Å². The summed E-state index contributed by atoms with van der Waals surface area (Å²) in [5.74, 6) is 4.63. The van der Waals surface area contributed by atoms with Gasteiger partial charge in [0.25, 0.3) is 0 Å². The van der Waals surface area contributed by atoms with Gasteiger partial charge in [-0.15, -0.1) is 6.42 Å². The molecule has 0 radical (unpaired) electrons. The molecular formula is C17H25N3O. The number of para-hydroxylation sites is 1. The highest BCUT2D eigenvalue weighted by atomic mass is 16.5. The smallest absolute Gasteiger partial charge is 0.192 e. The molecule has 0 bridgehead atoms. The topological polar surface area (TPSA) is 45.7 Å². The molecular weight excluding hydrogens is 262 g/mol. The first kappa shape index (κ1) is 16.9. The van der Waals surface area contributed by atoms with Crippen LogP contribution in [0.25, 0.3) is 0 Å². The Morgan fingerprint density at radius 1 is 1.33 bits per heavy atom. The van der Waals surface area contributed by atoms with E-state index in [0.29, 0.717) is 25.6 Å². The Morgan fingerprint density at radius 2 is 2.10 bits per heavy atom. The van der Waals surface area contributed by atoms with E-state index in [2.05, 4.69) is 41.5 Å². The predicted octanol–water partition coefficient (Wildman–Crippen LogP) is 2.38. The van der Waals surface area contributed by atoms with Gasteiger partial charge < -0.3 is 15.4 Å². The van der Waals surface area contributed by atoms with E-state index in [-0.39, 0.29) is 0 Å². The number of nitrogens with one attached hydrogen (secondary N) is 2. The van der Waals surface area contributed by atoms with E-state index in [1.54, 1.807) is 0 Å². The number of rotatable bonds is 7. The fourth-order valence-electron chi connectivity index (χ4n) is 1.88. The van der Waals surface area contributed by atoms with Gasteiger partial charge in [-0.05, 0) is 24.5 Å². The highest BCUT2D eigenvalue weighted by molar-refractivity contribution is 5.79. The predicted molar refractivity (Wildman–Crippen MR) is 88.8 cm³/mol. The van der Waals surface area contributed by atoms with Crippen LogP contribution in [0.1, 0.15) is 32.3 Å². The molecule has 21 heavy (non-hydrogen) atoms. The third-order valence-corrected chi connectivity index (χ3v) is 2.86. The summed E-state index contributed by atoms with van der Waals surface area (Å²) in [6.45, 7) is 8.71. The first-order valence-electron chi connectivity index (χ1n) is 7.36. The van der Waals surface area contributed by atoms with Gasteiger partial charge in [0.05, 0.1) is 13.1 Å². The minimum atomic E-state index is 0.444. The van der Waals surface area contributed by atoms with Gasteiger partial charge in [-0.2, -0.15) is 0 Å². The van der Waals surface area contributed by atoms with Crippen LogP contribution in [0.15, 0.2) is 29.3 Å². The quantitative estimate of drug-likeness (QED) is 0.350. The van der Waals surface area contributed by atoms with Gasteiger partial charge in [-0.3, -0.25) is 0 Å². The monoisotopic (exact) mass is 287 g/mol. The lowest BCUT2D eigenvalue weighted by atomic mass is 10.0. The van der Waals surface area contributed by atoms with Crippen LogP contribution in [0.5, 0.6) is 5.75 Å². The van der Waals surface area contributed by atoms with Gasteiger partial charge in [-0.1, -0.05) is 38.0 Å². The van der Waals surface area contributed by atoms with Gasteiger partial charge in [0.1, 0.15) is 12.4 Å². The molecule has 0 unspecified atom stereocenters. The molecule has 4 heteroatoms. The largest absolute Gasteiger partial charge is 0.491 e. The zero-order valence-corrected chi connectivity index (χ0v) is 13.1. The van der Waals surface area contributed by atoms with Crippen LogP contribution in [0.4, 0.5) is 0 Å². The van der Waals surface area contributed by atoms with E-state index < -0.39 is 0 Å². The molecule has 0 aliphatic heterocycles. The van der Waals surface area contributed by atoms with Crippen LogP contribution in [-0.2, 0) is 0 Å². The molecule has 0 atom stereocenters. The summed E-state index contributed by atoms with van der Waals surface area (Å²) < 4.78 is 5.83. The van der Waals surface area contributed by atoms with Crippen molar-refractivity contribution in [2.24, 2.45) is 4.99 Å². The Balaban J connectivity index is 2.50. The van der Waals surface area contributed by atoms with Crippen LogP contribution < -0.4 is 15.4 Å². The second-order valence-corrected chi connectivity index (χ2v) is 4.86. The molecule has 4 nitrogen and oxygen atoms in total. The lowest BCUT2D eigenvalue weighted by Crippen LogP contribution is -2.37. The van der Waals surface area contributed by atoms with Crippen LogP contribution >= 0.6 is 0 Å². The van der Waals surface area contributed by atoms with E-state index in [9.17, 15) is 0 Å². The summed E-state index contributed by atoms with van der Waals surface area (Å²) >= 11 is 0. The van der Waals surface area contributed by atoms with Gasteiger partial charge in [-0.25, -0.2) is 4.99 Å². The lowest BCUT2D eigenvalue weighted by Gasteiger charge is -2.13. The van der Waals surface area contributed by atoms with Crippen molar-refractivity contribution in [3.8, 4) is 18.1 Å². The highest BCUT2D eigenvalue weighted by Gasteiger charge is 2.06. The fraction of sp³-hybridized carbons (Fsp3) is 0.471. The summed E-state index contributed by atoms with van der Waals surface area (Å²) in [5.41, 5.74) is 1.22. The van der Waals surface area contributed by atoms with Gasteiger partial charge >= 0.3 is 0 Å². The molecule has 0 heterocycles. The number of hydrogen-bond donors (Lipinski definition) is 2. The van der Waals surface area contributed by atoms with E-state index in [1.165, 1.54) is 5.56 Å². The van der Waals surface area contributed by atoms with Crippen molar-refractivity contribution in [1.82, 2.24) is 10.6 Å². The standard InChI is InChI=1S/C17H25N3O/c1-5-11-19-17(18-6-2)20-12-13-21-16-10-8-7-9-15(16)14(3)4/h1,7-10,14H,6,11-13H2,2-4H3,(H2,18,19,20). The second kappa shape index (κ2) is 9.71. The summed E-state index contributed by atoms with van der Waals surface area (Å²) in [5, 5.41) is 6.18. The SMILES string of the molecule is C#CCNC(=NCCOc1ccccc1C(C)C)NCC. The molecule has 0 aromatic heterocycles. The number of nitrogens with zero attached hydrogens (tertiary/aromatic N) is 1. The van der Waals surface area contributed by atoms with E-state index >= 15 is 0 Å². The summed E-state index contributed by atoms with van der Waals surface area (Å²) in [4.78, 5) is 4.41. The molecule has 0 aliphatic rings. The Kier molecular flexibility index (Phi) is 7.81. The second-order valence-electron chi connectivity index (χ2n) is 4.86. The number of benzene rings is 1. The van der Waals surface area contributed by atoms with Crippen molar-refractivity contribution >= 4 is 5.96 Å². The van der Waals surface area contributed by atoms with E-state index in [4.69, 9.17) is 11.2 Å². The van der Waals surface area contributed by atoms with Crippen molar-refractivity contribution in [3.63, 3.8) is 0 Å². The first-order chi connectivity index (χ1) is 10.2. The molecule has 0 saturated carbocycles. The minimum Gasteiger partial charge on any atom is -0.491 e. The number of hydrogen-bond acceptors (Lipinski definition) is 2. The zero-order chi connectivity index (χ0) is 15.5. The van der Waals surface area contributed by atoms with Crippen molar-refractivity contribution in [1.29, 1.82) is 0 Å². The molecule has 0 aliphatic carbocycles. The highest BCUT2D eigenvalue weighted by Crippen LogP contribution is 2.25. The molecule has 0 saturated heterocycles. The van der Waals surface area contributed by atoms with E-state index in [1.807, 2.05) is 25.1 Å². The van der Waals surface area contributed by atoms with Gasteiger partial charge in [0.2, 0.25) is 0 Å². The van der Waals surface area contributed by atoms with Gasteiger partial charge in [0.15, 0.2) is 5.96 Å². The average molecular weight is 287 g/mol. The molecule has 1 aromatic carbocycles. The molecule has 1 aromatic rings. The molecule has 0 fully saturated rings. The summed E-state index contributed by atoms with van der Waals surface area (Å²) in [6.07, 6.45) is 5.23. The van der Waals surface area contributed by atoms with Crippen LogP contribution in [-0.4, -0.2) is 32.2 Å². The number of guanidine groups is 1. The average Bonchev–Trinajstić information content (AvgIpc) is 2.49. The fourth-order valence-corrected chi connectivity index (χ4v) is 1.88. The van der Waals surface area contributed by atoms with Crippen molar-refractivity contribution < 1.29 is 4.74 Å². The third kappa shape index (κ3) is 6.22. The van der Waals surface area contributed by atoms with Crippen LogP contribution in [0.2, 0.25) is 0 Å². The Bertz CT molecular complexity index is 489.